The van der Waals surface area contributed by atoms with Crippen LogP contribution in [-0.4, -0.2) is 29.4 Å². The molecule has 0 aliphatic heterocycles. The van der Waals surface area contributed by atoms with Crippen molar-refractivity contribution in [3.8, 4) is 0 Å². The SMILES string of the molecule is Cc1ccc2[nH]c3c(c2c1)CC(NC(=O)CNC(=O)c1ccccc1)C3. The van der Waals surface area contributed by atoms with Crippen molar-refractivity contribution in [3.63, 3.8) is 0 Å². The number of carbonyl (C=O) groups excluding carboxylic acids is 2. The first-order valence-corrected chi connectivity index (χ1v) is 8.83. The molecule has 1 heterocycles. The number of hydrogen-bond acceptors (Lipinski definition) is 2. The minimum Gasteiger partial charge on any atom is -0.358 e. The number of aryl methyl sites for hydroxylation is 1. The molecule has 0 spiro atoms. The Morgan fingerprint density at radius 3 is 2.73 bits per heavy atom. The Hall–Kier alpha value is -3.08. The lowest BCUT2D eigenvalue weighted by Gasteiger charge is -2.13. The van der Waals surface area contributed by atoms with Crippen LogP contribution in [0.3, 0.4) is 0 Å². The first kappa shape index (κ1) is 16.4. The number of aromatic amines is 1. The summed E-state index contributed by atoms with van der Waals surface area (Å²) in [5.74, 6) is -0.399. The molecule has 1 aliphatic rings. The normalized spacial score (nSPS) is 15.7. The van der Waals surface area contributed by atoms with Crippen molar-refractivity contribution < 1.29 is 9.59 Å². The summed E-state index contributed by atoms with van der Waals surface area (Å²) in [6.45, 7) is 2.07. The zero-order valence-electron chi connectivity index (χ0n) is 14.6. The molecule has 0 saturated carbocycles. The van der Waals surface area contributed by atoms with E-state index in [1.165, 1.54) is 22.2 Å². The van der Waals surface area contributed by atoms with E-state index in [0.717, 1.165) is 18.4 Å². The second kappa shape index (κ2) is 6.67. The summed E-state index contributed by atoms with van der Waals surface area (Å²) in [6, 6.07) is 15.4. The molecular weight excluding hydrogens is 326 g/mol. The number of amides is 2. The third-order valence-electron chi connectivity index (χ3n) is 4.86. The molecule has 1 aromatic heterocycles. The van der Waals surface area contributed by atoms with E-state index < -0.39 is 0 Å². The van der Waals surface area contributed by atoms with E-state index in [1.54, 1.807) is 24.3 Å². The van der Waals surface area contributed by atoms with Crippen LogP contribution in [0, 0.1) is 6.92 Å². The number of fused-ring (bicyclic) bond motifs is 3. The van der Waals surface area contributed by atoms with Gasteiger partial charge in [0.05, 0.1) is 6.54 Å². The number of aromatic nitrogens is 1. The molecule has 132 valence electrons. The molecule has 3 N–H and O–H groups in total. The highest BCUT2D eigenvalue weighted by molar-refractivity contribution is 5.96. The molecule has 0 radical (unpaired) electrons. The zero-order valence-corrected chi connectivity index (χ0v) is 14.6. The molecule has 1 unspecified atom stereocenters. The van der Waals surface area contributed by atoms with Crippen LogP contribution in [0.15, 0.2) is 48.5 Å². The molecule has 1 aliphatic carbocycles. The van der Waals surface area contributed by atoms with E-state index in [2.05, 4.69) is 40.7 Å². The number of H-pyrrole nitrogens is 1. The largest absolute Gasteiger partial charge is 0.358 e. The predicted octanol–water partition coefficient (Wildman–Crippen LogP) is 2.49. The van der Waals surface area contributed by atoms with Gasteiger partial charge in [-0.1, -0.05) is 29.8 Å². The quantitative estimate of drug-likeness (QED) is 0.678. The highest BCUT2D eigenvalue weighted by Crippen LogP contribution is 2.30. The number of carbonyl (C=O) groups is 2. The van der Waals surface area contributed by atoms with Crippen molar-refractivity contribution >= 4 is 22.7 Å². The second-order valence-corrected chi connectivity index (χ2v) is 6.85. The lowest BCUT2D eigenvalue weighted by Crippen LogP contribution is -2.42. The minimum atomic E-state index is -0.237. The average Bonchev–Trinajstić information content (AvgIpc) is 3.18. The molecule has 5 nitrogen and oxygen atoms in total. The summed E-state index contributed by atoms with van der Waals surface area (Å²) < 4.78 is 0. The number of nitrogens with one attached hydrogen (secondary N) is 3. The van der Waals surface area contributed by atoms with Gasteiger partial charge in [-0.25, -0.2) is 0 Å². The smallest absolute Gasteiger partial charge is 0.251 e. The number of rotatable bonds is 4. The van der Waals surface area contributed by atoms with E-state index in [0.29, 0.717) is 5.56 Å². The topological polar surface area (TPSA) is 74.0 Å². The number of benzene rings is 2. The molecule has 2 amide bonds. The van der Waals surface area contributed by atoms with Crippen molar-refractivity contribution in [2.24, 2.45) is 0 Å². The van der Waals surface area contributed by atoms with Crippen LogP contribution in [0.2, 0.25) is 0 Å². The van der Waals surface area contributed by atoms with Gasteiger partial charge in [-0.05, 0) is 43.2 Å². The van der Waals surface area contributed by atoms with Crippen LogP contribution in [0.1, 0.15) is 27.2 Å². The lowest BCUT2D eigenvalue weighted by atomic mass is 10.1. The monoisotopic (exact) mass is 347 g/mol. The van der Waals surface area contributed by atoms with Gasteiger partial charge in [0.2, 0.25) is 5.91 Å². The third-order valence-corrected chi connectivity index (χ3v) is 4.86. The van der Waals surface area contributed by atoms with Crippen LogP contribution in [0.4, 0.5) is 0 Å². The van der Waals surface area contributed by atoms with E-state index in [9.17, 15) is 9.59 Å². The molecule has 2 aromatic carbocycles. The second-order valence-electron chi connectivity index (χ2n) is 6.85. The molecule has 4 rings (SSSR count). The Balaban J connectivity index is 1.34. The van der Waals surface area contributed by atoms with Gasteiger partial charge in [0.25, 0.3) is 5.91 Å². The van der Waals surface area contributed by atoms with Crippen LogP contribution < -0.4 is 10.6 Å². The van der Waals surface area contributed by atoms with Crippen LogP contribution in [-0.2, 0) is 17.6 Å². The van der Waals surface area contributed by atoms with Gasteiger partial charge in [0.15, 0.2) is 0 Å². The van der Waals surface area contributed by atoms with Gasteiger partial charge < -0.3 is 15.6 Å². The number of hydrogen-bond donors (Lipinski definition) is 3. The van der Waals surface area contributed by atoms with Crippen molar-refractivity contribution in [2.45, 2.75) is 25.8 Å². The Morgan fingerprint density at radius 1 is 1.12 bits per heavy atom. The summed E-state index contributed by atoms with van der Waals surface area (Å²) in [7, 11) is 0. The predicted molar refractivity (Wildman–Crippen MR) is 101 cm³/mol. The Kier molecular flexibility index (Phi) is 4.21. The molecule has 26 heavy (non-hydrogen) atoms. The van der Waals surface area contributed by atoms with Gasteiger partial charge in [-0.15, -0.1) is 0 Å². The summed E-state index contributed by atoms with van der Waals surface area (Å²) in [6.07, 6.45) is 1.61. The van der Waals surface area contributed by atoms with Gasteiger partial charge in [-0.3, -0.25) is 9.59 Å². The Labute approximate surface area is 151 Å². The molecule has 3 aromatic rings. The first-order chi connectivity index (χ1) is 12.6. The summed E-state index contributed by atoms with van der Waals surface area (Å²) in [5, 5.41) is 6.93. The maximum atomic E-state index is 12.2. The lowest BCUT2D eigenvalue weighted by molar-refractivity contribution is -0.120. The van der Waals surface area contributed by atoms with E-state index >= 15 is 0 Å². The van der Waals surface area contributed by atoms with Gasteiger partial charge in [-0.2, -0.15) is 0 Å². The fourth-order valence-electron chi connectivity index (χ4n) is 3.62. The highest BCUT2D eigenvalue weighted by atomic mass is 16.2. The van der Waals surface area contributed by atoms with Gasteiger partial charge >= 0.3 is 0 Å². The average molecular weight is 347 g/mol. The molecule has 0 fully saturated rings. The van der Waals surface area contributed by atoms with Gasteiger partial charge in [0, 0.05) is 34.6 Å². The fraction of sp³-hybridized carbons (Fsp3) is 0.238. The summed E-state index contributed by atoms with van der Waals surface area (Å²) in [4.78, 5) is 27.7. The van der Waals surface area contributed by atoms with E-state index in [4.69, 9.17) is 0 Å². The summed E-state index contributed by atoms with van der Waals surface area (Å²) >= 11 is 0. The van der Waals surface area contributed by atoms with Crippen molar-refractivity contribution in [1.29, 1.82) is 0 Å². The maximum Gasteiger partial charge on any atom is 0.251 e. The van der Waals surface area contributed by atoms with E-state index in [-0.39, 0.29) is 24.4 Å². The zero-order chi connectivity index (χ0) is 18.1. The fourth-order valence-corrected chi connectivity index (χ4v) is 3.62. The van der Waals surface area contributed by atoms with Gasteiger partial charge in [0.1, 0.15) is 0 Å². The molecule has 1 atom stereocenters. The molecular formula is C21H21N3O2. The third kappa shape index (κ3) is 3.20. The maximum absolute atomic E-state index is 12.2. The van der Waals surface area contributed by atoms with E-state index in [1.807, 2.05) is 6.07 Å². The highest BCUT2D eigenvalue weighted by Gasteiger charge is 2.26. The molecule has 0 bridgehead atoms. The Morgan fingerprint density at radius 2 is 1.92 bits per heavy atom. The Bertz CT molecular complexity index is 976. The standard InChI is InChI=1S/C21H21N3O2/c1-13-7-8-18-16(9-13)17-10-15(11-19(17)24-18)23-20(25)12-22-21(26)14-5-3-2-4-6-14/h2-9,15,24H,10-12H2,1H3,(H,22,26)(H,23,25). The molecule has 5 heteroatoms. The van der Waals surface area contributed by atoms with Crippen molar-refractivity contribution in [3.05, 3.63) is 70.9 Å². The van der Waals surface area contributed by atoms with Crippen LogP contribution in [0.25, 0.3) is 10.9 Å². The summed E-state index contributed by atoms with van der Waals surface area (Å²) in [5.41, 5.74) is 5.43. The van der Waals surface area contributed by atoms with Crippen LogP contribution in [0.5, 0.6) is 0 Å². The first-order valence-electron chi connectivity index (χ1n) is 8.83. The minimum absolute atomic E-state index is 0.0159. The van der Waals surface area contributed by atoms with Crippen molar-refractivity contribution in [1.82, 2.24) is 15.6 Å². The van der Waals surface area contributed by atoms with Crippen molar-refractivity contribution in [2.75, 3.05) is 6.54 Å². The molecule has 0 saturated heterocycles. The van der Waals surface area contributed by atoms with Crippen LogP contribution >= 0.6 is 0 Å².